The van der Waals surface area contributed by atoms with E-state index in [4.69, 9.17) is 5.73 Å². The zero-order chi connectivity index (χ0) is 13.1. The van der Waals surface area contributed by atoms with Crippen LogP contribution in [-0.4, -0.2) is 24.0 Å². The molecule has 0 spiro atoms. The van der Waals surface area contributed by atoms with Gasteiger partial charge in [0.2, 0.25) is 0 Å². The van der Waals surface area contributed by atoms with Crippen LogP contribution in [0.2, 0.25) is 0 Å². The van der Waals surface area contributed by atoms with E-state index in [1.807, 2.05) is 0 Å². The lowest BCUT2D eigenvalue weighted by atomic mass is 9.92. The number of nitrogens with two attached hydrogens (primary N) is 1. The lowest BCUT2D eigenvalue weighted by Crippen LogP contribution is -2.43. The van der Waals surface area contributed by atoms with Gasteiger partial charge in [0.1, 0.15) is 0 Å². The monoisotopic (exact) mass is 246 g/mol. The van der Waals surface area contributed by atoms with Gasteiger partial charge in [-0.1, -0.05) is 36.8 Å². The molecule has 2 rings (SSSR count). The highest BCUT2D eigenvalue weighted by Gasteiger charge is 2.24. The van der Waals surface area contributed by atoms with Gasteiger partial charge in [0.05, 0.1) is 0 Å². The molecule has 0 aromatic heterocycles. The molecule has 2 N–H and O–H groups in total. The van der Waals surface area contributed by atoms with Crippen LogP contribution >= 0.6 is 0 Å². The first kappa shape index (κ1) is 13.6. The minimum Gasteiger partial charge on any atom is -0.323 e. The maximum atomic E-state index is 6.35. The molecule has 1 aliphatic heterocycles. The third-order valence-electron chi connectivity index (χ3n) is 4.18. The minimum atomic E-state index is 0.140. The van der Waals surface area contributed by atoms with Crippen molar-refractivity contribution in [2.24, 2.45) is 11.7 Å². The molecular formula is C16H26N2. The second kappa shape index (κ2) is 5.85. The van der Waals surface area contributed by atoms with Crippen molar-refractivity contribution >= 4 is 0 Å². The first-order valence-corrected chi connectivity index (χ1v) is 7.12. The van der Waals surface area contributed by atoms with Gasteiger partial charge in [-0.25, -0.2) is 0 Å². The Morgan fingerprint density at radius 2 is 2.17 bits per heavy atom. The maximum Gasteiger partial charge on any atom is 0.0424 e. The molecule has 3 unspecified atom stereocenters. The van der Waals surface area contributed by atoms with Gasteiger partial charge in [0, 0.05) is 18.6 Å². The molecular weight excluding hydrogens is 220 g/mol. The molecule has 0 radical (unpaired) electrons. The first-order valence-electron chi connectivity index (χ1n) is 7.12. The molecule has 1 aliphatic rings. The topological polar surface area (TPSA) is 29.3 Å². The molecule has 3 atom stereocenters. The molecule has 1 heterocycles. The van der Waals surface area contributed by atoms with Gasteiger partial charge < -0.3 is 5.73 Å². The Morgan fingerprint density at radius 1 is 1.39 bits per heavy atom. The average molecular weight is 246 g/mol. The van der Waals surface area contributed by atoms with Crippen molar-refractivity contribution in [1.29, 1.82) is 0 Å². The van der Waals surface area contributed by atoms with Gasteiger partial charge >= 0.3 is 0 Å². The van der Waals surface area contributed by atoms with Gasteiger partial charge in [-0.3, -0.25) is 4.90 Å². The molecule has 1 aromatic rings. The van der Waals surface area contributed by atoms with Crippen LogP contribution in [0.5, 0.6) is 0 Å². The van der Waals surface area contributed by atoms with E-state index < -0.39 is 0 Å². The van der Waals surface area contributed by atoms with Crippen LogP contribution in [-0.2, 0) is 0 Å². The number of nitrogens with zero attached hydrogens (tertiary/aromatic N) is 1. The van der Waals surface area contributed by atoms with E-state index in [0.717, 1.165) is 12.5 Å². The highest BCUT2D eigenvalue weighted by atomic mass is 15.2. The Balaban J connectivity index is 1.97. The summed E-state index contributed by atoms with van der Waals surface area (Å²) in [6.07, 6.45) is 2.62. The van der Waals surface area contributed by atoms with Crippen LogP contribution in [0.4, 0.5) is 0 Å². The molecule has 0 bridgehead atoms. The molecule has 1 aromatic carbocycles. The van der Waals surface area contributed by atoms with Crippen LogP contribution in [0.15, 0.2) is 24.3 Å². The smallest absolute Gasteiger partial charge is 0.0424 e. The summed E-state index contributed by atoms with van der Waals surface area (Å²) in [5.41, 5.74) is 8.91. The number of hydrogen-bond acceptors (Lipinski definition) is 2. The number of benzene rings is 1. The van der Waals surface area contributed by atoms with Gasteiger partial charge in [0.15, 0.2) is 0 Å². The van der Waals surface area contributed by atoms with Gasteiger partial charge in [-0.15, -0.1) is 0 Å². The van der Waals surface area contributed by atoms with Crippen LogP contribution < -0.4 is 5.73 Å². The molecule has 100 valence electrons. The number of likely N-dealkylation sites (tertiary alicyclic amines) is 1. The van der Waals surface area contributed by atoms with Gasteiger partial charge in [-0.2, -0.15) is 0 Å². The van der Waals surface area contributed by atoms with Crippen molar-refractivity contribution in [3.05, 3.63) is 35.4 Å². The maximum absolute atomic E-state index is 6.35. The van der Waals surface area contributed by atoms with Crippen molar-refractivity contribution in [2.75, 3.05) is 13.1 Å². The SMILES string of the molecule is Cc1cccc(C(N)CN2CCC(C)CC2C)c1. The summed E-state index contributed by atoms with van der Waals surface area (Å²) in [6, 6.07) is 9.40. The summed E-state index contributed by atoms with van der Waals surface area (Å²) < 4.78 is 0. The Bertz CT molecular complexity index is 388. The largest absolute Gasteiger partial charge is 0.323 e. The first-order chi connectivity index (χ1) is 8.56. The summed E-state index contributed by atoms with van der Waals surface area (Å²) in [4.78, 5) is 2.55. The summed E-state index contributed by atoms with van der Waals surface area (Å²) in [5, 5.41) is 0. The Labute approximate surface area is 111 Å². The quantitative estimate of drug-likeness (QED) is 0.888. The second-order valence-electron chi connectivity index (χ2n) is 5.99. The molecule has 0 aliphatic carbocycles. The lowest BCUT2D eigenvalue weighted by molar-refractivity contribution is 0.122. The highest BCUT2D eigenvalue weighted by molar-refractivity contribution is 5.25. The minimum absolute atomic E-state index is 0.140. The fourth-order valence-corrected chi connectivity index (χ4v) is 2.99. The van der Waals surface area contributed by atoms with E-state index in [1.165, 1.54) is 30.5 Å². The normalized spacial score (nSPS) is 27.1. The van der Waals surface area contributed by atoms with E-state index in [1.54, 1.807) is 0 Å². The predicted molar refractivity (Wildman–Crippen MR) is 77.5 cm³/mol. The third-order valence-corrected chi connectivity index (χ3v) is 4.18. The van der Waals surface area contributed by atoms with E-state index in [0.29, 0.717) is 6.04 Å². The van der Waals surface area contributed by atoms with E-state index in [-0.39, 0.29) is 6.04 Å². The molecule has 2 heteroatoms. The van der Waals surface area contributed by atoms with Crippen molar-refractivity contribution in [3.8, 4) is 0 Å². The lowest BCUT2D eigenvalue weighted by Gasteiger charge is -2.38. The van der Waals surface area contributed by atoms with Crippen molar-refractivity contribution < 1.29 is 0 Å². The highest BCUT2D eigenvalue weighted by Crippen LogP contribution is 2.24. The zero-order valence-corrected chi connectivity index (χ0v) is 11.9. The molecule has 18 heavy (non-hydrogen) atoms. The van der Waals surface area contributed by atoms with Crippen molar-refractivity contribution in [3.63, 3.8) is 0 Å². The van der Waals surface area contributed by atoms with Gasteiger partial charge in [0.25, 0.3) is 0 Å². The van der Waals surface area contributed by atoms with Crippen molar-refractivity contribution in [2.45, 2.75) is 45.7 Å². The van der Waals surface area contributed by atoms with Crippen LogP contribution in [0.25, 0.3) is 0 Å². The standard InChI is InChI=1S/C16H26N2/c1-12-5-4-6-15(10-12)16(17)11-18-8-7-13(2)9-14(18)3/h4-6,10,13-14,16H,7-9,11,17H2,1-3H3. The third kappa shape index (κ3) is 3.33. The fourth-order valence-electron chi connectivity index (χ4n) is 2.99. The molecule has 1 fully saturated rings. The van der Waals surface area contributed by atoms with Crippen LogP contribution in [0, 0.1) is 12.8 Å². The number of rotatable bonds is 3. The van der Waals surface area contributed by atoms with E-state index in [2.05, 4.69) is 49.9 Å². The average Bonchev–Trinajstić information content (AvgIpc) is 2.32. The Kier molecular flexibility index (Phi) is 4.41. The van der Waals surface area contributed by atoms with Gasteiger partial charge in [-0.05, 0) is 44.7 Å². The summed E-state index contributed by atoms with van der Waals surface area (Å²) in [5.74, 6) is 0.867. The molecule has 1 saturated heterocycles. The number of aryl methyl sites for hydroxylation is 1. The number of piperidine rings is 1. The zero-order valence-electron chi connectivity index (χ0n) is 11.9. The Hall–Kier alpha value is -0.860. The Morgan fingerprint density at radius 3 is 2.83 bits per heavy atom. The molecule has 2 nitrogen and oxygen atoms in total. The fraction of sp³-hybridized carbons (Fsp3) is 0.625. The molecule has 0 saturated carbocycles. The number of hydrogen-bond donors (Lipinski definition) is 1. The molecule has 0 amide bonds. The van der Waals surface area contributed by atoms with E-state index >= 15 is 0 Å². The van der Waals surface area contributed by atoms with Crippen molar-refractivity contribution in [1.82, 2.24) is 4.90 Å². The summed E-state index contributed by atoms with van der Waals surface area (Å²) in [6.45, 7) is 8.99. The van der Waals surface area contributed by atoms with Crippen LogP contribution in [0.1, 0.15) is 43.9 Å². The van der Waals surface area contributed by atoms with E-state index in [9.17, 15) is 0 Å². The van der Waals surface area contributed by atoms with Crippen LogP contribution in [0.3, 0.4) is 0 Å². The predicted octanol–water partition coefficient (Wildman–Crippen LogP) is 3.12. The summed E-state index contributed by atoms with van der Waals surface area (Å²) >= 11 is 0. The summed E-state index contributed by atoms with van der Waals surface area (Å²) in [7, 11) is 0. The second-order valence-corrected chi connectivity index (χ2v) is 5.99.